The number of aliphatic hydroxyl groups excluding tert-OH is 1. The lowest BCUT2D eigenvalue weighted by Gasteiger charge is -2.39. The predicted octanol–water partition coefficient (Wildman–Crippen LogP) is 2.51. The maximum Gasteiger partial charge on any atom is 0.223 e. The number of carbonyl (C=O) groups excluding carboxylic acids is 1. The van der Waals surface area contributed by atoms with Gasteiger partial charge in [-0.05, 0) is 63.0 Å². The molecule has 1 N–H and O–H groups in total. The van der Waals surface area contributed by atoms with Crippen LogP contribution in [0.5, 0.6) is 0 Å². The van der Waals surface area contributed by atoms with Crippen LogP contribution in [0.1, 0.15) is 50.5 Å². The van der Waals surface area contributed by atoms with Crippen molar-refractivity contribution in [3.63, 3.8) is 0 Å². The molecule has 0 saturated carbocycles. The summed E-state index contributed by atoms with van der Waals surface area (Å²) in [6.07, 6.45) is 8.21. The molecule has 136 valence electrons. The van der Waals surface area contributed by atoms with Crippen molar-refractivity contribution in [3.8, 4) is 0 Å². The minimum Gasteiger partial charge on any atom is -0.393 e. The summed E-state index contributed by atoms with van der Waals surface area (Å²) in [5.41, 5.74) is 1.21. The molecule has 1 aromatic heterocycles. The summed E-state index contributed by atoms with van der Waals surface area (Å²) in [5.74, 6) is 1.79. The van der Waals surface area contributed by atoms with Gasteiger partial charge in [0.05, 0.1) is 6.10 Å². The van der Waals surface area contributed by atoms with Crippen LogP contribution in [-0.4, -0.2) is 52.2 Å². The molecule has 3 atom stereocenters. The number of rotatable bonds is 3. The van der Waals surface area contributed by atoms with E-state index in [0.717, 1.165) is 57.4 Å². The first-order valence-electron chi connectivity index (χ1n) is 9.77. The van der Waals surface area contributed by atoms with Crippen molar-refractivity contribution < 1.29 is 9.90 Å². The lowest BCUT2D eigenvalue weighted by Crippen LogP contribution is -2.49. The van der Waals surface area contributed by atoms with E-state index >= 15 is 0 Å². The van der Waals surface area contributed by atoms with Gasteiger partial charge in [-0.15, -0.1) is 0 Å². The van der Waals surface area contributed by atoms with Gasteiger partial charge in [-0.25, -0.2) is 4.98 Å². The largest absolute Gasteiger partial charge is 0.393 e. The van der Waals surface area contributed by atoms with Gasteiger partial charge >= 0.3 is 0 Å². The second-order valence-electron chi connectivity index (χ2n) is 8.11. The van der Waals surface area contributed by atoms with Crippen molar-refractivity contribution in [2.75, 3.05) is 18.0 Å². The summed E-state index contributed by atoms with van der Waals surface area (Å²) in [7, 11) is 0. The van der Waals surface area contributed by atoms with Crippen molar-refractivity contribution >= 4 is 11.7 Å². The van der Waals surface area contributed by atoms with E-state index in [0.29, 0.717) is 18.2 Å². The molecule has 1 aromatic rings. The van der Waals surface area contributed by atoms with Gasteiger partial charge in [-0.1, -0.05) is 6.07 Å². The fraction of sp³-hybridized carbons (Fsp3) is 0.700. The quantitative estimate of drug-likeness (QED) is 0.916. The smallest absolute Gasteiger partial charge is 0.223 e. The second kappa shape index (κ2) is 6.94. The first-order valence-corrected chi connectivity index (χ1v) is 9.77. The van der Waals surface area contributed by atoms with Crippen molar-refractivity contribution in [1.29, 1.82) is 0 Å². The molecule has 0 aliphatic carbocycles. The molecule has 3 aliphatic heterocycles. The topological polar surface area (TPSA) is 56.7 Å². The number of hydrogen-bond donors (Lipinski definition) is 1. The molecule has 3 unspecified atom stereocenters. The van der Waals surface area contributed by atoms with Gasteiger partial charge in [0.1, 0.15) is 5.82 Å². The summed E-state index contributed by atoms with van der Waals surface area (Å²) in [6, 6.07) is 4.64. The van der Waals surface area contributed by atoms with E-state index in [9.17, 15) is 9.90 Å². The first kappa shape index (κ1) is 16.8. The Morgan fingerprint density at radius 1 is 1.28 bits per heavy atom. The minimum atomic E-state index is -0.209. The Morgan fingerprint density at radius 2 is 2.04 bits per heavy atom. The maximum atomic E-state index is 13.0. The van der Waals surface area contributed by atoms with Crippen molar-refractivity contribution in [1.82, 2.24) is 9.88 Å². The highest BCUT2D eigenvalue weighted by Gasteiger charge is 2.43. The van der Waals surface area contributed by atoms with E-state index in [2.05, 4.69) is 27.8 Å². The standard InChI is InChI=1S/C20H29N3O2/c1-14-4-2-8-21-20(14)22-9-3-5-15(13-22)10-19(25)23-16-6-7-17(23)12-18(24)11-16/h2,4,8,15-18,24H,3,5-7,9-13H2,1H3. The van der Waals surface area contributed by atoms with Gasteiger partial charge in [0.15, 0.2) is 0 Å². The third-order valence-corrected chi connectivity index (χ3v) is 6.26. The Morgan fingerprint density at radius 3 is 2.76 bits per heavy atom. The number of fused-ring (bicyclic) bond motifs is 2. The van der Waals surface area contributed by atoms with Gasteiger partial charge in [0, 0.05) is 37.8 Å². The SMILES string of the molecule is Cc1cccnc1N1CCCC(CC(=O)N2C3CCC2CC(O)C3)C1. The van der Waals surface area contributed by atoms with Crippen molar-refractivity contribution in [2.45, 2.75) is 70.1 Å². The van der Waals surface area contributed by atoms with Crippen molar-refractivity contribution in [3.05, 3.63) is 23.9 Å². The highest BCUT2D eigenvalue weighted by atomic mass is 16.3. The van der Waals surface area contributed by atoms with E-state index in [-0.39, 0.29) is 18.2 Å². The number of anilines is 1. The summed E-state index contributed by atoms with van der Waals surface area (Å²) in [4.78, 5) is 22.0. The lowest BCUT2D eigenvalue weighted by atomic mass is 9.92. The zero-order valence-corrected chi connectivity index (χ0v) is 15.1. The van der Waals surface area contributed by atoms with Gasteiger partial charge in [-0.3, -0.25) is 4.79 Å². The van der Waals surface area contributed by atoms with Crippen molar-refractivity contribution in [2.24, 2.45) is 5.92 Å². The zero-order valence-electron chi connectivity index (χ0n) is 15.1. The number of piperidine rings is 2. The molecule has 5 heteroatoms. The van der Waals surface area contributed by atoms with Crippen LogP contribution < -0.4 is 4.90 Å². The summed E-state index contributed by atoms with van der Waals surface area (Å²) in [6.45, 7) is 4.06. The van der Waals surface area contributed by atoms with Crippen LogP contribution >= 0.6 is 0 Å². The number of amides is 1. The molecule has 25 heavy (non-hydrogen) atoms. The molecule has 4 rings (SSSR count). The second-order valence-corrected chi connectivity index (χ2v) is 8.11. The van der Waals surface area contributed by atoms with Crippen LogP contribution in [0.3, 0.4) is 0 Å². The fourth-order valence-electron chi connectivity index (χ4n) is 5.14. The Labute approximate surface area is 150 Å². The summed E-state index contributed by atoms with van der Waals surface area (Å²) in [5, 5.41) is 9.95. The average Bonchev–Trinajstić information content (AvgIpc) is 2.87. The Balaban J connectivity index is 1.39. The summed E-state index contributed by atoms with van der Waals surface area (Å²) >= 11 is 0. The van der Waals surface area contributed by atoms with E-state index in [4.69, 9.17) is 0 Å². The highest BCUT2D eigenvalue weighted by molar-refractivity contribution is 5.77. The molecule has 3 fully saturated rings. The van der Waals surface area contributed by atoms with E-state index < -0.39 is 0 Å². The van der Waals surface area contributed by atoms with Crippen LogP contribution in [0.4, 0.5) is 5.82 Å². The van der Waals surface area contributed by atoms with Gasteiger partial charge < -0.3 is 14.9 Å². The molecule has 2 bridgehead atoms. The Bertz CT molecular complexity index is 621. The molecule has 0 aromatic carbocycles. The number of aromatic nitrogens is 1. The van der Waals surface area contributed by atoms with Gasteiger partial charge in [-0.2, -0.15) is 0 Å². The molecule has 4 heterocycles. The maximum absolute atomic E-state index is 13.0. The molecule has 3 aliphatic rings. The molecule has 0 spiro atoms. The first-order chi connectivity index (χ1) is 12.1. The van der Waals surface area contributed by atoms with Crippen LogP contribution in [0.2, 0.25) is 0 Å². The van der Waals surface area contributed by atoms with Crippen LogP contribution in [0.25, 0.3) is 0 Å². The van der Waals surface area contributed by atoms with Gasteiger partial charge in [0.25, 0.3) is 0 Å². The number of carbonyl (C=O) groups is 1. The Hall–Kier alpha value is -1.62. The Kier molecular flexibility index (Phi) is 4.67. The number of aliphatic hydroxyl groups is 1. The number of pyridine rings is 1. The monoisotopic (exact) mass is 343 g/mol. The molecule has 0 radical (unpaired) electrons. The fourth-order valence-corrected chi connectivity index (χ4v) is 5.14. The lowest BCUT2D eigenvalue weighted by molar-refractivity contribution is -0.138. The van der Waals surface area contributed by atoms with Crippen LogP contribution in [0.15, 0.2) is 18.3 Å². The number of aryl methyl sites for hydroxylation is 1. The molecular weight excluding hydrogens is 314 g/mol. The summed E-state index contributed by atoms with van der Waals surface area (Å²) < 4.78 is 0. The molecule has 5 nitrogen and oxygen atoms in total. The van der Waals surface area contributed by atoms with Crippen LogP contribution in [0, 0.1) is 12.8 Å². The van der Waals surface area contributed by atoms with E-state index in [1.54, 1.807) is 0 Å². The zero-order chi connectivity index (χ0) is 17.4. The normalized spacial score (nSPS) is 32.1. The third kappa shape index (κ3) is 3.39. The van der Waals surface area contributed by atoms with Crippen LogP contribution in [-0.2, 0) is 4.79 Å². The molecule has 1 amide bonds. The predicted molar refractivity (Wildman–Crippen MR) is 97.4 cm³/mol. The average molecular weight is 343 g/mol. The minimum absolute atomic E-state index is 0.209. The molecule has 3 saturated heterocycles. The van der Waals surface area contributed by atoms with E-state index in [1.165, 1.54) is 5.56 Å². The molecular formula is C20H29N3O2. The van der Waals surface area contributed by atoms with Gasteiger partial charge in [0.2, 0.25) is 5.91 Å². The number of nitrogens with zero attached hydrogens (tertiary/aromatic N) is 3. The highest BCUT2D eigenvalue weighted by Crippen LogP contribution is 2.37. The number of hydrogen-bond acceptors (Lipinski definition) is 4. The van der Waals surface area contributed by atoms with E-state index in [1.807, 2.05) is 12.3 Å². The third-order valence-electron chi connectivity index (χ3n) is 6.26.